The number of esters is 1. The molecule has 1 aliphatic rings. The van der Waals surface area contributed by atoms with E-state index in [1.54, 1.807) is 13.0 Å². The maximum atomic E-state index is 12.3. The number of pyridine rings is 1. The molecule has 0 aliphatic heterocycles. The molecular weight excluding hydrogens is 376 g/mol. The first kappa shape index (κ1) is 19.9. The van der Waals surface area contributed by atoms with Crippen molar-refractivity contribution in [3.8, 4) is 6.07 Å². The number of hydrogen-bond donors (Lipinski definition) is 1. The number of ketones is 1. The highest BCUT2D eigenvalue weighted by Crippen LogP contribution is 2.23. The van der Waals surface area contributed by atoms with Crippen molar-refractivity contribution in [1.82, 2.24) is 4.98 Å². The van der Waals surface area contributed by atoms with Crippen LogP contribution in [0.25, 0.3) is 0 Å². The van der Waals surface area contributed by atoms with Gasteiger partial charge in [0, 0.05) is 11.6 Å². The molecule has 1 aromatic heterocycles. The number of benzene rings is 1. The third-order valence-corrected chi connectivity index (χ3v) is 5.66. The van der Waals surface area contributed by atoms with Gasteiger partial charge in [0.2, 0.25) is 5.56 Å². The summed E-state index contributed by atoms with van der Waals surface area (Å²) in [5.41, 5.74) is 3.57. The summed E-state index contributed by atoms with van der Waals surface area (Å²) >= 11 is 1.01. The molecule has 1 N–H and O–H groups in total. The Morgan fingerprint density at radius 2 is 1.96 bits per heavy atom. The van der Waals surface area contributed by atoms with Crippen LogP contribution in [-0.2, 0) is 22.4 Å². The molecule has 0 spiro atoms. The molecule has 1 aromatic carbocycles. The highest BCUT2D eigenvalue weighted by molar-refractivity contribution is 7.99. The van der Waals surface area contributed by atoms with Gasteiger partial charge in [-0.25, -0.2) is 0 Å². The first-order chi connectivity index (χ1) is 13.5. The second-order valence-electron chi connectivity index (χ2n) is 6.70. The number of rotatable bonds is 6. The number of Topliss-reactive ketones (excluding diaryl/α,β-unsaturated/α-hetero) is 1. The van der Waals surface area contributed by atoms with Crippen LogP contribution < -0.4 is 5.56 Å². The number of carbonyl (C=O) groups excluding carboxylic acids is 2. The van der Waals surface area contributed by atoms with Crippen LogP contribution >= 0.6 is 11.8 Å². The Balaban J connectivity index is 1.56. The molecule has 0 atom stereocenters. The maximum Gasteiger partial charge on any atom is 0.316 e. The molecule has 0 bridgehead atoms. The van der Waals surface area contributed by atoms with Crippen LogP contribution in [0.4, 0.5) is 0 Å². The lowest BCUT2D eigenvalue weighted by Crippen LogP contribution is -2.17. The van der Waals surface area contributed by atoms with E-state index in [-0.39, 0.29) is 23.7 Å². The summed E-state index contributed by atoms with van der Waals surface area (Å²) in [6, 6.07) is 9.01. The fraction of sp³-hybridized carbons (Fsp3) is 0.333. The molecule has 28 heavy (non-hydrogen) atoms. The van der Waals surface area contributed by atoms with Crippen molar-refractivity contribution >= 4 is 23.5 Å². The molecule has 0 radical (unpaired) electrons. The van der Waals surface area contributed by atoms with Gasteiger partial charge in [-0.3, -0.25) is 14.4 Å². The fourth-order valence-electron chi connectivity index (χ4n) is 3.21. The van der Waals surface area contributed by atoms with Gasteiger partial charge in [-0.2, -0.15) is 5.26 Å². The Morgan fingerprint density at radius 1 is 1.21 bits per heavy atom. The first-order valence-electron chi connectivity index (χ1n) is 9.05. The van der Waals surface area contributed by atoms with Crippen LogP contribution in [0.5, 0.6) is 0 Å². The Labute approximate surface area is 166 Å². The topological polar surface area (TPSA) is 100 Å². The minimum absolute atomic E-state index is 0.106. The number of ether oxygens (including phenoxy) is 1. The van der Waals surface area contributed by atoms with E-state index in [9.17, 15) is 19.6 Å². The van der Waals surface area contributed by atoms with Crippen LogP contribution in [0.15, 0.2) is 34.1 Å². The van der Waals surface area contributed by atoms with Crippen molar-refractivity contribution in [1.29, 1.82) is 5.26 Å². The van der Waals surface area contributed by atoms with Gasteiger partial charge in [-0.15, -0.1) is 0 Å². The number of thioether (sulfide) groups is 1. The largest absolute Gasteiger partial charge is 0.457 e. The lowest BCUT2D eigenvalue weighted by Gasteiger charge is -2.16. The summed E-state index contributed by atoms with van der Waals surface area (Å²) in [7, 11) is 0. The molecule has 144 valence electrons. The Kier molecular flexibility index (Phi) is 6.32. The average molecular weight is 396 g/mol. The number of carbonyl (C=O) groups is 2. The summed E-state index contributed by atoms with van der Waals surface area (Å²) in [5.74, 6) is -0.929. The van der Waals surface area contributed by atoms with E-state index in [4.69, 9.17) is 4.74 Å². The lowest BCUT2D eigenvalue weighted by atomic mass is 9.90. The predicted molar refractivity (Wildman–Crippen MR) is 106 cm³/mol. The van der Waals surface area contributed by atoms with Crippen molar-refractivity contribution in [2.75, 3.05) is 12.4 Å². The van der Waals surface area contributed by atoms with Crippen LogP contribution in [-0.4, -0.2) is 29.1 Å². The van der Waals surface area contributed by atoms with Gasteiger partial charge in [0.25, 0.3) is 0 Å². The molecule has 0 amide bonds. The molecule has 0 saturated heterocycles. The highest BCUT2D eigenvalue weighted by Gasteiger charge is 2.16. The number of aryl methyl sites for hydroxylation is 3. The summed E-state index contributed by atoms with van der Waals surface area (Å²) in [6.45, 7) is 1.33. The molecule has 0 unspecified atom stereocenters. The van der Waals surface area contributed by atoms with E-state index in [0.29, 0.717) is 21.7 Å². The van der Waals surface area contributed by atoms with Crippen LogP contribution in [0.3, 0.4) is 0 Å². The molecule has 2 aromatic rings. The molecule has 6 nitrogen and oxygen atoms in total. The molecule has 0 saturated carbocycles. The van der Waals surface area contributed by atoms with E-state index in [0.717, 1.165) is 31.0 Å². The van der Waals surface area contributed by atoms with Crippen molar-refractivity contribution in [3.63, 3.8) is 0 Å². The number of aromatic nitrogens is 1. The number of nitriles is 1. The second-order valence-corrected chi connectivity index (χ2v) is 7.68. The zero-order chi connectivity index (χ0) is 20.1. The third-order valence-electron chi connectivity index (χ3n) is 4.69. The third kappa shape index (κ3) is 4.70. The van der Waals surface area contributed by atoms with E-state index < -0.39 is 5.97 Å². The minimum Gasteiger partial charge on any atom is -0.457 e. The van der Waals surface area contributed by atoms with E-state index in [1.807, 2.05) is 18.2 Å². The molecule has 1 aliphatic carbocycles. The molecular formula is C21H20N2O4S. The summed E-state index contributed by atoms with van der Waals surface area (Å²) in [4.78, 5) is 38.4. The van der Waals surface area contributed by atoms with E-state index in [2.05, 4.69) is 4.98 Å². The molecule has 1 heterocycles. The second kappa shape index (κ2) is 8.89. The number of fused-ring (bicyclic) bond motifs is 1. The van der Waals surface area contributed by atoms with Crippen LogP contribution in [0.1, 0.15) is 45.5 Å². The normalized spacial score (nSPS) is 12.7. The highest BCUT2D eigenvalue weighted by atomic mass is 32.2. The summed E-state index contributed by atoms with van der Waals surface area (Å²) in [6.07, 6.45) is 4.32. The zero-order valence-corrected chi connectivity index (χ0v) is 16.4. The average Bonchev–Trinajstić information content (AvgIpc) is 2.69. The number of hydrogen-bond acceptors (Lipinski definition) is 6. The molecule has 7 heteroatoms. The maximum absolute atomic E-state index is 12.3. The van der Waals surface area contributed by atoms with Gasteiger partial charge < -0.3 is 9.72 Å². The quantitative estimate of drug-likeness (QED) is 0.458. The van der Waals surface area contributed by atoms with Crippen molar-refractivity contribution in [3.05, 3.63) is 62.4 Å². The molecule has 0 fully saturated rings. The number of aromatic amines is 1. The Hall–Kier alpha value is -2.85. The standard InChI is InChI=1S/C21H20N2O4S/c1-13-8-19(25)23-21(17(13)10-22)28-12-20(26)27-11-18(24)16-7-6-14-4-2-3-5-15(14)9-16/h6-9H,2-5,11-12H2,1H3,(H,23,25). The van der Waals surface area contributed by atoms with Gasteiger partial charge in [-0.1, -0.05) is 23.9 Å². The van der Waals surface area contributed by atoms with Crippen LogP contribution in [0.2, 0.25) is 0 Å². The van der Waals surface area contributed by atoms with Crippen molar-refractivity contribution < 1.29 is 14.3 Å². The number of nitrogens with one attached hydrogen (secondary N) is 1. The Bertz CT molecular complexity index is 1020. The first-order valence-corrected chi connectivity index (χ1v) is 10.0. The van der Waals surface area contributed by atoms with Crippen LogP contribution in [0, 0.1) is 18.3 Å². The summed E-state index contributed by atoms with van der Waals surface area (Å²) < 4.78 is 5.07. The monoisotopic (exact) mass is 396 g/mol. The Morgan fingerprint density at radius 3 is 2.71 bits per heavy atom. The van der Waals surface area contributed by atoms with Gasteiger partial charge in [0.1, 0.15) is 6.07 Å². The van der Waals surface area contributed by atoms with Gasteiger partial charge in [0.15, 0.2) is 12.4 Å². The zero-order valence-electron chi connectivity index (χ0n) is 15.5. The van der Waals surface area contributed by atoms with Crippen molar-refractivity contribution in [2.24, 2.45) is 0 Å². The molecule has 3 rings (SSSR count). The van der Waals surface area contributed by atoms with Crippen molar-refractivity contribution in [2.45, 2.75) is 37.6 Å². The SMILES string of the molecule is Cc1cc(=O)[nH]c(SCC(=O)OCC(=O)c2ccc3c(c2)CCCC3)c1C#N. The lowest BCUT2D eigenvalue weighted by molar-refractivity contribution is -0.139. The van der Waals surface area contributed by atoms with E-state index >= 15 is 0 Å². The number of nitrogens with zero attached hydrogens (tertiary/aromatic N) is 1. The minimum atomic E-state index is -0.581. The van der Waals surface area contributed by atoms with E-state index in [1.165, 1.54) is 23.6 Å². The smallest absolute Gasteiger partial charge is 0.316 e. The predicted octanol–water partition coefficient (Wildman–Crippen LogP) is 2.95. The summed E-state index contributed by atoms with van der Waals surface area (Å²) in [5, 5.41) is 9.52. The fourth-order valence-corrected chi connectivity index (χ4v) is 4.08. The number of H-pyrrole nitrogens is 1. The van der Waals surface area contributed by atoms with Gasteiger partial charge >= 0.3 is 5.97 Å². The van der Waals surface area contributed by atoms with Gasteiger partial charge in [-0.05, 0) is 55.4 Å². The van der Waals surface area contributed by atoms with Gasteiger partial charge in [0.05, 0.1) is 16.3 Å².